The zero-order valence-corrected chi connectivity index (χ0v) is 11.1. The number of aromatic nitrogens is 1. The number of nitrogens with one attached hydrogen (secondary N) is 1. The van der Waals surface area contributed by atoms with Crippen LogP contribution in [0.25, 0.3) is 0 Å². The van der Waals surface area contributed by atoms with Gasteiger partial charge in [-0.3, -0.25) is 4.79 Å². The summed E-state index contributed by atoms with van der Waals surface area (Å²) in [5.74, 6) is -0.293. The first kappa shape index (κ1) is 12.8. The Balaban J connectivity index is 2.26. The van der Waals surface area contributed by atoms with Crippen LogP contribution < -0.4 is 11.1 Å². The smallest absolute Gasteiger partial charge is 0.272 e. The maximum atomic E-state index is 12.0. The normalized spacial score (nSPS) is 10.4. The molecule has 4 nitrogen and oxygen atoms in total. The predicted molar refractivity (Wildman–Crippen MR) is 74.2 cm³/mol. The lowest BCUT2D eigenvalue weighted by Crippen LogP contribution is -2.15. The Hall–Kier alpha value is -1.65. The van der Waals surface area contributed by atoms with Crippen molar-refractivity contribution in [2.75, 3.05) is 11.1 Å². The standard InChI is InChI=1S/C12H11Cl2N3O/c1-17-6-8(15)5-11(17)12(18)16-10-4-7(13)2-3-9(10)14/h2-6H,15H2,1H3,(H,16,18). The second-order valence-corrected chi connectivity index (χ2v) is 4.69. The molecule has 2 rings (SSSR count). The van der Waals surface area contributed by atoms with Gasteiger partial charge >= 0.3 is 0 Å². The fraction of sp³-hybridized carbons (Fsp3) is 0.0833. The molecule has 0 aliphatic heterocycles. The number of nitrogen functional groups attached to an aromatic ring is 1. The van der Waals surface area contributed by atoms with Gasteiger partial charge in [-0.1, -0.05) is 23.2 Å². The number of anilines is 2. The summed E-state index contributed by atoms with van der Waals surface area (Å²) < 4.78 is 1.64. The highest BCUT2D eigenvalue weighted by Gasteiger charge is 2.12. The number of carbonyl (C=O) groups excluding carboxylic acids is 1. The third-order valence-corrected chi connectivity index (χ3v) is 3.00. The van der Waals surface area contributed by atoms with E-state index < -0.39 is 0 Å². The third-order valence-electron chi connectivity index (χ3n) is 2.44. The van der Waals surface area contributed by atoms with Crippen molar-refractivity contribution in [1.29, 1.82) is 0 Å². The Morgan fingerprint density at radius 1 is 1.33 bits per heavy atom. The first-order valence-electron chi connectivity index (χ1n) is 5.15. The molecule has 18 heavy (non-hydrogen) atoms. The van der Waals surface area contributed by atoms with Gasteiger partial charge in [0.05, 0.1) is 16.4 Å². The zero-order chi connectivity index (χ0) is 13.3. The molecule has 1 amide bonds. The van der Waals surface area contributed by atoms with Crippen LogP contribution in [-0.4, -0.2) is 10.5 Å². The van der Waals surface area contributed by atoms with Crippen LogP contribution >= 0.6 is 23.2 Å². The summed E-state index contributed by atoms with van der Waals surface area (Å²) >= 11 is 11.8. The van der Waals surface area contributed by atoms with Crippen LogP contribution in [0, 0.1) is 0 Å². The monoisotopic (exact) mass is 283 g/mol. The van der Waals surface area contributed by atoms with Gasteiger partial charge in [0.1, 0.15) is 5.69 Å². The first-order valence-corrected chi connectivity index (χ1v) is 5.91. The van der Waals surface area contributed by atoms with Crippen LogP contribution in [0.5, 0.6) is 0 Å². The average Bonchev–Trinajstić information content (AvgIpc) is 2.63. The topological polar surface area (TPSA) is 60.0 Å². The number of amides is 1. The summed E-state index contributed by atoms with van der Waals surface area (Å²) in [7, 11) is 1.74. The van der Waals surface area contributed by atoms with Crippen molar-refractivity contribution in [1.82, 2.24) is 4.57 Å². The van der Waals surface area contributed by atoms with Gasteiger partial charge in [-0.05, 0) is 24.3 Å². The number of aryl methyl sites for hydroxylation is 1. The summed E-state index contributed by atoms with van der Waals surface area (Å²) in [5.41, 5.74) is 7.06. The minimum atomic E-state index is -0.293. The molecule has 1 aromatic heterocycles. The molecule has 0 fully saturated rings. The van der Waals surface area contributed by atoms with Crippen LogP contribution in [0.1, 0.15) is 10.5 Å². The number of halogens is 2. The molecular formula is C12H11Cl2N3O. The number of hydrogen-bond acceptors (Lipinski definition) is 2. The average molecular weight is 284 g/mol. The number of carbonyl (C=O) groups is 1. The molecule has 1 aromatic carbocycles. The maximum Gasteiger partial charge on any atom is 0.272 e. The molecular weight excluding hydrogens is 273 g/mol. The molecule has 6 heteroatoms. The quantitative estimate of drug-likeness (QED) is 0.889. The molecule has 1 heterocycles. The van der Waals surface area contributed by atoms with Crippen LogP contribution in [0.3, 0.4) is 0 Å². The molecule has 0 saturated carbocycles. The molecule has 0 atom stereocenters. The Bertz CT molecular complexity index is 607. The van der Waals surface area contributed by atoms with Crippen molar-refractivity contribution in [3.8, 4) is 0 Å². The Morgan fingerprint density at radius 2 is 2.06 bits per heavy atom. The largest absolute Gasteiger partial charge is 0.397 e. The lowest BCUT2D eigenvalue weighted by molar-refractivity contribution is 0.101. The van der Waals surface area contributed by atoms with E-state index in [4.69, 9.17) is 28.9 Å². The highest BCUT2D eigenvalue weighted by atomic mass is 35.5. The van der Waals surface area contributed by atoms with Gasteiger partial charge < -0.3 is 15.6 Å². The van der Waals surface area contributed by atoms with Crippen molar-refractivity contribution in [2.45, 2.75) is 0 Å². The second-order valence-electron chi connectivity index (χ2n) is 3.85. The summed E-state index contributed by atoms with van der Waals surface area (Å²) in [6.07, 6.45) is 1.66. The first-order chi connectivity index (χ1) is 8.47. The number of nitrogens with zero attached hydrogens (tertiary/aromatic N) is 1. The van der Waals surface area contributed by atoms with E-state index in [-0.39, 0.29) is 5.91 Å². The summed E-state index contributed by atoms with van der Waals surface area (Å²) in [5, 5.41) is 3.62. The van der Waals surface area contributed by atoms with E-state index in [0.717, 1.165) is 0 Å². The minimum Gasteiger partial charge on any atom is -0.397 e. The number of rotatable bonds is 2. The van der Waals surface area contributed by atoms with Crippen LogP contribution in [0.2, 0.25) is 10.0 Å². The highest BCUT2D eigenvalue weighted by molar-refractivity contribution is 6.35. The fourth-order valence-electron chi connectivity index (χ4n) is 1.60. The van der Waals surface area contributed by atoms with E-state index in [1.54, 1.807) is 42.1 Å². The van der Waals surface area contributed by atoms with E-state index in [1.807, 2.05) is 0 Å². The summed E-state index contributed by atoms with van der Waals surface area (Å²) in [6, 6.07) is 6.46. The summed E-state index contributed by atoms with van der Waals surface area (Å²) in [6.45, 7) is 0. The molecule has 94 valence electrons. The van der Waals surface area contributed by atoms with Crippen LogP contribution in [-0.2, 0) is 7.05 Å². The van der Waals surface area contributed by atoms with Gasteiger partial charge in [0.25, 0.3) is 5.91 Å². The molecule has 2 aromatic rings. The molecule has 3 N–H and O–H groups in total. The van der Waals surface area contributed by atoms with Gasteiger partial charge in [0, 0.05) is 18.3 Å². The van der Waals surface area contributed by atoms with Gasteiger partial charge in [-0.15, -0.1) is 0 Å². The van der Waals surface area contributed by atoms with Crippen molar-refractivity contribution in [3.05, 3.63) is 46.2 Å². The Kier molecular flexibility index (Phi) is 3.50. The predicted octanol–water partition coefficient (Wildman–Crippen LogP) is 3.17. The molecule has 0 spiro atoms. The van der Waals surface area contributed by atoms with E-state index >= 15 is 0 Å². The molecule has 0 bridgehead atoms. The van der Waals surface area contributed by atoms with Gasteiger partial charge in [0.15, 0.2) is 0 Å². The van der Waals surface area contributed by atoms with Crippen LogP contribution in [0.4, 0.5) is 11.4 Å². The molecule has 0 radical (unpaired) electrons. The second kappa shape index (κ2) is 4.92. The Morgan fingerprint density at radius 3 is 2.67 bits per heavy atom. The summed E-state index contributed by atoms with van der Waals surface area (Å²) in [4.78, 5) is 12.0. The number of hydrogen-bond donors (Lipinski definition) is 2. The van der Waals surface area contributed by atoms with Crippen LogP contribution in [0.15, 0.2) is 30.5 Å². The fourth-order valence-corrected chi connectivity index (χ4v) is 1.93. The minimum absolute atomic E-state index is 0.293. The SMILES string of the molecule is Cn1cc(N)cc1C(=O)Nc1cc(Cl)ccc1Cl. The van der Waals surface area contributed by atoms with Crippen molar-refractivity contribution >= 4 is 40.5 Å². The van der Waals surface area contributed by atoms with E-state index in [2.05, 4.69) is 5.32 Å². The number of nitrogens with two attached hydrogens (primary N) is 1. The lowest BCUT2D eigenvalue weighted by Gasteiger charge is -2.08. The molecule has 0 aliphatic carbocycles. The van der Waals surface area contributed by atoms with E-state index in [1.165, 1.54) is 0 Å². The zero-order valence-electron chi connectivity index (χ0n) is 9.58. The van der Waals surface area contributed by atoms with Gasteiger partial charge in [-0.2, -0.15) is 0 Å². The van der Waals surface area contributed by atoms with E-state index in [9.17, 15) is 4.79 Å². The third kappa shape index (κ3) is 2.60. The van der Waals surface area contributed by atoms with Crippen molar-refractivity contribution in [3.63, 3.8) is 0 Å². The highest BCUT2D eigenvalue weighted by Crippen LogP contribution is 2.26. The van der Waals surface area contributed by atoms with Crippen molar-refractivity contribution in [2.24, 2.45) is 7.05 Å². The molecule has 0 unspecified atom stereocenters. The number of benzene rings is 1. The molecule has 0 aliphatic rings. The van der Waals surface area contributed by atoms with Crippen molar-refractivity contribution < 1.29 is 4.79 Å². The van der Waals surface area contributed by atoms with Gasteiger partial charge in [0.2, 0.25) is 0 Å². The molecule has 0 saturated heterocycles. The Labute approximate surface area is 114 Å². The maximum absolute atomic E-state index is 12.0. The van der Waals surface area contributed by atoms with E-state index in [0.29, 0.717) is 27.1 Å². The van der Waals surface area contributed by atoms with Gasteiger partial charge in [-0.25, -0.2) is 0 Å². The lowest BCUT2D eigenvalue weighted by atomic mass is 10.3.